The number of carbonyl (C=O) groups is 3. The number of allylic oxidation sites excluding steroid dienone is 2. The molecule has 1 aliphatic carbocycles. The fourth-order valence-corrected chi connectivity index (χ4v) is 1.79. The maximum atomic E-state index is 11.3. The average Bonchev–Trinajstić information content (AvgIpc) is 2.48. The van der Waals surface area contributed by atoms with Crippen LogP contribution < -0.4 is 0 Å². The number of carbonyl (C=O) groups excluding carboxylic acids is 2. The minimum atomic E-state index is -1.13. The van der Waals surface area contributed by atoms with Crippen LogP contribution in [-0.2, 0) is 14.4 Å². The lowest BCUT2D eigenvalue weighted by molar-refractivity contribution is -0.137. The van der Waals surface area contributed by atoms with Crippen LogP contribution >= 0.6 is 0 Å². The lowest BCUT2D eigenvalue weighted by Gasteiger charge is -2.02. The van der Waals surface area contributed by atoms with E-state index in [1.54, 1.807) is 12.2 Å². The first-order valence-electron chi connectivity index (χ1n) is 5.63. The molecule has 0 aromatic rings. The van der Waals surface area contributed by atoms with E-state index in [0.717, 1.165) is 0 Å². The Labute approximate surface area is 99.1 Å². The summed E-state index contributed by atoms with van der Waals surface area (Å²) in [5.74, 6) is -2.15. The summed E-state index contributed by atoms with van der Waals surface area (Å²) in [6, 6.07) is 0. The normalized spacial score (nSPS) is 24.8. The molecule has 5 heteroatoms. The van der Waals surface area contributed by atoms with Gasteiger partial charge in [-0.1, -0.05) is 12.2 Å². The number of hydrogen-bond acceptors (Lipinski definition) is 4. The molecule has 17 heavy (non-hydrogen) atoms. The molecule has 0 spiro atoms. The lowest BCUT2D eigenvalue weighted by Crippen LogP contribution is -2.19. The van der Waals surface area contributed by atoms with E-state index < -0.39 is 23.8 Å². The molecular weight excluding hydrogens is 224 g/mol. The van der Waals surface area contributed by atoms with E-state index in [1.165, 1.54) is 0 Å². The van der Waals surface area contributed by atoms with Crippen LogP contribution in [0.1, 0.15) is 32.1 Å². The summed E-state index contributed by atoms with van der Waals surface area (Å²) >= 11 is 0. The summed E-state index contributed by atoms with van der Waals surface area (Å²) in [4.78, 5) is 32.9. The van der Waals surface area contributed by atoms with Crippen molar-refractivity contribution in [3.8, 4) is 0 Å². The minimum Gasteiger partial charge on any atom is -0.481 e. The fraction of sp³-hybridized carbons (Fsp3) is 0.583. The van der Waals surface area contributed by atoms with Crippen molar-refractivity contribution >= 4 is 17.5 Å². The molecule has 2 N–H and O–H groups in total. The topological polar surface area (TPSA) is 91.7 Å². The Kier molecular flexibility index (Phi) is 5.03. The van der Waals surface area contributed by atoms with E-state index in [4.69, 9.17) is 5.11 Å². The molecule has 94 valence electrons. The van der Waals surface area contributed by atoms with Crippen LogP contribution in [0.4, 0.5) is 0 Å². The second-order valence-electron chi connectivity index (χ2n) is 4.13. The first-order valence-corrected chi connectivity index (χ1v) is 5.63. The van der Waals surface area contributed by atoms with Gasteiger partial charge in [0.05, 0.1) is 5.92 Å². The third kappa shape index (κ3) is 4.11. The molecule has 2 unspecified atom stereocenters. The molecule has 0 heterocycles. The molecule has 0 bridgehead atoms. The standard InChI is InChI=1S/C12H16O5/c13-9-7-10(14)12(17)8(9)5-3-1-2-4-6-11(15)16/h1,3,8,10,14H,2,4-7H2,(H,15,16). The minimum absolute atomic E-state index is 0.0731. The fourth-order valence-electron chi connectivity index (χ4n) is 1.79. The van der Waals surface area contributed by atoms with Crippen LogP contribution in [0.15, 0.2) is 12.2 Å². The van der Waals surface area contributed by atoms with Gasteiger partial charge in [-0.2, -0.15) is 0 Å². The second kappa shape index (κ2) is 6.30. The van der Waals surface area contributed by atoms with Gasteiger partial charge in [-0.05, 0) is 19.3 Å². The predicted octanol–water partition coefficient (Wildman–Crippen LogP) is 0.707. The second-order valence-corrected chi connectivity index (χ2v) is 4.13. The third-order valence-corrected chi connectivity index (χ3v) is 2.75. The lowest BCUT2D eigenvalue weighted by atomic mass is 10.0. The molecule has 0 aromatic carbocycles. The first-order chi connectivity index (χ1) is 8.02. The molecule has 1 saturated carbocycles. The van der Waals surface area contributed by atoms with Crippen LogP contribution in [0.5, 0.6) is 0 Å². The Morgan fingerprint density at radius 2 is 2.06 bits per heavy atom. The van der Waals surface area contributed by atoms with Crippen molar-refractivity contribution in [2.75, 3.05) is 0 Å². The molecule has 0 amide bonds. The number of carboxylic acid groups (broad SMARTS) is 1. The molecule has 0 aliphatic heterocycles. The van der Waals surface area contributed by atoms with Gasteiger partial charge in [0, 0.05) is 12.8 Å². The molecule has 2 atom stereocenters. The highest BCUT2D eigenvalue weighted by atomic mass is 16.4. The zero-order valence-corrected chi connectivity index (χ0v) is 9.46. The van der Waals surface area contributed by atoms with Crippen molar-refractivity contribution in [1.82, 2.24) is 0 Å². The SMILES string of the molecule is O=C(O)CCCC=CCC1C(=O)CC(O)C1=O. The van der Waals surface area contributed by atoms with Crippen molar-refractivity contribution in [2.24, 2.45) is 5.92 Å². The number of Topliss-reactive ketones (excluding diaryl/α,β-unsaturated/α-hetero) is 2. The van der Waals surface area contributed by atoms with Gasteiger partial charge in [-0.3, -0.25) is 14.4 Å². The van der Waals surface area contributed by atoms with Crippen LogP contribution in [0.2, 0.25) is 0 Å². The Hall–Kier alpha value is -1.49. The Morgan fingerprint density at radius 1 is 1.35 bits per heavy atom. The highest BCUT2D eigenvalue weighted by molar-refractivity contribution is 6.11. The van der Waals surface area contributed by atoms with Crippen LogP contribution in [-0.4, -0.2) is 33.9 Å². The monoisotopic (exact) mass is 240 g/mol. The summed E-state index contributed by atoms with van der Waals surface area (Å²) < 4.78 is 0. The zero-order valence-electron chi connectivity index (χ0n) is 9.46. The van der Waals surface area contributed by atoms with Crippen LogP contribution in [0.3, 0.4) is 0 Å². The summed E-state index contributed by atoms with van der Waals surface area (Å²) in [5, 5.41) is 17.6. The van der Waals surface area contributed by atoms with Crippen molar-refractivity contribution in [3.05, 3.63) is 12.2 Å². The molecule has 1 rings (SSSR count). The summed E-state index contributed by atoms with van der Waals surface area (Å²) in [6.07, 6.45) is 3.86. The molecule has 0 saturated heterocycles. The number of hydrogen-bond donors (Lipinski definition) is 2. The quantitative estimate of drug-likeness (QED) is 0.405. The van der Waals surface area contributed by atoms with E-state index >= 15 is 0 Å². The summed E-state index contributed by atoms with van der Waals surface area (Å²) in [6.45, 7) is 0. The number of ketones is 2. The summed E-state index contributed by atoms with van der Waals surface area (Å²) in [7, 11) is 0. The van der Waals surface area contributed by atoms with Gasteiger partial charge in [0.2, 0.25) is 0 Å². The molecular formula is C12H16O5. The van der Waals surface area contributed by atoms with Crippen molar-refractivity contribution in [3.63, 3.8) is 0 Å². The number of carboxylic acids is 1. The van der Waals surface area contributed by atoms with E-state index in [0.29, 0.717) is 19.3 Å². The van der Waals surface area contributed by atoms with Gasteiger partial charge >= 0.3 is 5.97 Å². The smallest absolute Gasteiger partial charge is 0.303 e. The maximum absolute atomic E-state index is 11.3. The predicted molar refractivity (Wildman–Crippen MR) is 59.4 cm³/mol. The van der Waals surface area contributed by atoms with E-state index in [-0.39, 0.29) is 18.6 Å². The Morgan fingerprint density at radius 3 is 2.59 bits per heavy atom. The largest absolute Gasteiger partial charge is 0.481 e. The van der Waals surface area contributed by atoms with Crippen molar-refractivity contribution in [2.45, 2.75) is 38.2 Å². The Balaban J connectivity index is 2.26. The molecule has 1 aliphatic rings. The van der Waals surface area contributed by atoms with Gasteiger partial charge in [0.1, 0.15) is 11.9 Å². The highest BCUT2D eigenvalue weighted by Crippen LogP contribution is 2.21. The van der Waals surface area contributed by atoms with E-state index in [9.17, 15) is 19.5 Å². The van der Waals surface area contributed by atoms with Gasteiger partial charge in [-0.25, -0.2) is 0 Å². The average molecular weight is 240 g/mol. The van der Waals surface area contributed by atoms with Crippen LogP contribution in [0, 0.1) is 5.92 Å². The molecule has 5 nitrogen and oxygen atoms in total. The van der Waals surface area contributed by atoms with Crippen molar-refractivity contribution < 1.29 is 24.6 Å². The van der Waals surface area contributed by atoms with Crippen LogP contribution in [0.25, 0.3) is 0 Å². The molecule has 0 radical (unpaired) electrons. The zero-order chi connectivity index (χ0) is 12.8. The maximum Gasteiger partial charge on any atom is 0.303 e. The third-order valence-electron chi connectivity index (χ3n) is 2.75. The number of aliphatic hydroxyl groups is 1. The molecule has 0 aromatic heterocycles. The highest BCUT2D eigenvalue weighted by Gasteiger charge is 2.38. The van der Waals surface area contributed by atoms with Crippen molar-refractivity contribution in [1.29, 1.82) is 0 Å². The number of aliphatic carboxylic acids is 1. The van der Waals surface area contributed by atoms with Gasteiger partial charge in [-0.15, -0.1) is 0 Å². The number of unbranched alkanes of at least 4 members (excludes halogenated alkanes) is 1. The van der Waals surface area contributed by atoms with Gasteiger partial charge in [0.15, 0.2) is 5.78 Å². The van der Waals surface area contributed by atoms with Gasteiger partial charge in [0.25, 0.3) is 0 Å². The Bertz CT molecular complexity index is 345. The van der Waals surface area contributed by atoms with E-state index in [1.807, 2.05) is 0 Å². The first kappa shape index (κ1) is 13.6. The van der Waals surface area contributed by atoms with E-state index in [2.05, 4.69) is 0 Å². The molecule has 1 fully saturated rings. The number of aliphatic hydroxyl groups excluding tert-OH is 1. The summed E-state index contributed by atoms with van der Waals surface area (Å²) in [5.41, 5.74) is 0. The van der Waals surface area contributed by atoms with Gasteiger partial charge < -0.3 is 10.2 Å². The number of rotatable bonds is 6.